The molecule has 0 spiro atoms. The van der Waals surface area contributed by atoms with Gasteiger partial charge < -0.3 is 10.8 Å². The fourth-order valence-corrected chi connectivity index (χ4v) is 3.29. The number of nitrogens with two attached hydrogens (primary N) is 1. The van der Waals surface area contributed by atoms with E-state index in [1.165, 1.54) is 77.0 Å². The Balaban J connectivity index is 3.21. The van der Waals surface area contributed by atoms with Gasteiger partial charge in [-0.05, 0) is 18.8 Å². The molecule has 3 N–H and O–H groups in total. The van der Waals surface area contributed by atoms with Gasteiger partial charge in [0.1, 0.15) is 0 Å². The molecule has 0 amide bonds. The minimum atomic E-state index is -0.301. The number of hydrogen-bond acceptors (Lipinski definition) is 2. The highest BCUT2D eigenvalue weighted by Gasteiger charge is 2.15. The van der Waals surface area contributed by atoms with Gasteiger partial charge >= 0.3 is 0 Å². The van der Waals surface area contributed by atoms with Crippen LogP contribution in [0.4, 0.5) is 0 Å². The van der Waals surface area contributed by atoms with Crippen molar-refractivity contribution in [1.82, 2.24) is 0 Å². The first-order chi connectivity index (χ1) is 11.1. The van der Waals surface area contributed by atoms with Gasteiger partial charge in [0.2, 0.25) is 0 Å². The van der Waals surface area contributed by atoms with Crippen molar-refractivity contribution in [2.45, 2.75) is 129 Å². The predicted octanol–water partition coefficient (Wildman–Crippen LogP) is 6.20. The minimum Gasteiger partial charge on any atom is -0.392 e. The summed E-state index contributed by atoms with van der Waals surface area (Å²) in [6.45, 7) is 6.61. The second-order valence-electron chi connectivity index (χ2n) is 7.89. The molecule has 0 aromatic carbocycles. The van der Waals surface area contributed by atoms with Crippen molar-refractivity contribution in [2.75, 3.05) is 0 Å². The van der Waals surface area contributed by atoms with Crippen molar-refractivity contribution < 1.29 is 5.11 Å². The third-order valence-corrected chi connectivity index (χ3v) is 4.84. The molecule has 0 bridgehead atoms. The van der Waals surface area contributed by atoms with Gasteiger partial charge in [-0.1, -0.05) is 104 Å². The van der Waals surface area contributed by atoms with Crippen LogP contribution in [0, 0.1) is 5.92 Å². The van der Waals surface area contributed by atoms with Crippen LogP contribution in [0.15, 0.2) is 0 Å². The van der Waals surface area contributed by atoms with Crippen LogP contribution in [0.25, 0.3) is 0 Å². The monoisotopic (exact) mass is 327 g/mol. The van der Waals surface area contributed by atoms with E-state index >= 15 is 0 Å². The molecule has 0 heterocycles. The molecule has 0 unspecified atom stereocenters. The van der Waals surface area contributed by atoms with E-state index in [1.807, 2.05) is 0 Å². The summed E-state index contributed by atoms with van der Waals surface area (Å²) in [4.78, 5) is 0. The average Bonchev–Trinajstić information content (AvgIpc) is 2.51. The zero-order chi connectivity index (χ0) is 17.3. The minimum absolute atomic E-state index is 0.0349. The first-order valence-corrected chi connectivity index (χ1v) is 10.5. The van der Waals surface area contributed by atoms with Crippen LogP contribution in [0.5, 0.6) is 0 Å². The van der Waals surface area contributed by atoms with Crippen molar-refractivity contribution >= 4 is 0 Å². The van der Waals surface area contributed by atoms with Crippen LogP contribution in [-0.2, 0) is 0 Å². The molecule has 0 aliphatic rings. The highest BCUT2D eigenvalue weighted by atomic mass is 16.3. The zero-order valence-electron chi connectivity index (χ0n) is 16.4. The molecule has 0 rings (SSSR count). The molecule has 0 aromatic rings. The van der Waals surface area contributed by atoms with Gasteiger partial charge in [0.05, 0.1) is 6.10 Å². The van der Waals surface area contributed by atoms with Gasteiger partial charge in [0.15, 0.2) is 0 Å². The molecule has 140 valence electrons. The zero-order valence-corrected chi connectivity index (χ0v) is 16.4. The number of aliphatic hydroxyl groups excluding tert-OH is 1. The molecule has 2 heteroatoms. The lowest BCUT2D eigenvalue weighted by atomic mass is 9.96. The maximum Gasteiger partial charge on any atom is 0.0691 e. The summed E-state index contributed by atoms with van der Waals surface area (Å²) in [5.41, 5.74) is 6.02. The van der Waals surface area contributed by atoms with E-state index in [9.17, 15) is 5.11 Å². The fraction of sp³-hybridized carbons (Fsp3) is 1.00. The lowest BCUT2D eigenvalue weighted by Crippen LogP contribution is -2.35. The van der Waals surface area contributed by atoms with Gasteiger partial charge in [-0.2, -0.15) is 0 Å². The first-order valence-electron chi connectivity index (χ1n) is 10.5. The topological polar surface area (TPSA) is 46.2 Å². The summed E-state index contributed by atoms with van der Waals surface area (Å²) in [6, 6.07) is -0.0349. The average molecular weight is 328 g/mol. The number of aliphatic hydroxyl groups is 1. The molecule has 0 aliphatic carbocycles. The smallest absolute Gasteiger partial charge is 0.0691 e. The Hall–Kier alpha value is -0.0800. The van der Waals surface area contributed by atoms with Gasteiger partial charge in [0.25, 0.3) is 0 Å². The summed E-state index contributed by atoms with van der Waals surface area (Å²) in [6.07, 6.45) is 19.3. The summed E-state index contributed by atoms with van der Waals surface area (Å²) in [7, 11) is 0. The Kier molecular flexibility index (Phi) is 16.7. The molecule has 23 heavy (non-hydrogen) atoms. The maximum absolute atomic E-state index is 10.0. The number of hydrogen-bond donors (Lipinski definition) is 2. The Morgan fingerprint density at radius 2 is 1.09 bits per heavy atom. The van der Waals surface area contributed by atoms with Gasteiger partial charge in [-0.3, -0.25) is 0 Å². The van der Waals surface area contributed by atoms with Gasteiger partial charge in [-0.25, -0.2) is 0 Å². The normalized spacial score (nSPS) is 14.3. The summed E-state index contributed by atoms with van der Waals surface area (Å²) in [5, 5.41) is 10.0. The standard InChI is InChI=1S/C21H45NO/c1-4-5-6-7-8-9-10-11-12-13-14-15-16-17-21(23)20(22)18-19(2)3/h19-21,23H,4-18,22H2,1-3H3/t20-,21+/m0/s1. The predicted molar refractivity (Wildman–Crippen MR) is 104 cm³/mol. The van der Waals surface area contributed by atoms with Crippen molar-refractivity contribution in [2.24, 2.45) is 11.7 Å². The molecule has 0 aliphatic heterocycles. The van der Waals surface area contributed by atoms with Crippen LogP contribution in [0.3, 0.4) is 0 Å². The molecule has 2 atom stereocenters. The van der Waals surface area contributed by atoms with Crippen LogP contribution in [0.2, 0.25) is 0 Å². The highest BCUT2D eigenvalue weighted by Crippen LogP contribution is 2.15. The van der Waals surface area contributed by atoms with E-state index in [4.69, 9.17) is 5.73 Å². The SMILES string of the molecule is CCCCCCCCCCCCCCC[C@@H](O)[C@@H](N)CC(C)C. The second-order valence-corrected chi connectivity index (χ2v) is 7.89. The Bertz CT molecular complexity index is 230. The Morgan fingerprint density at radius 1 is 0.696 bits per heavy atom. The summed E-state index contributed by atoms with van der Waals surface area (Å²) in [5.74, 6) is 0.575. The third kappa shape index (κ3) is 16.6. The molecule has 0 aromatic heterocycles. The van der Waals surface area contributed by atoms with Crippen molar-refractivity contribution in [1.29, 1.82) is 0 Å². The summed E-state index contributed by atoms with van der Waals surface area (Å²) >= 11 is 0. The molecular weight excluding hydrogens is 282 g/mol. The molecule has 0 saturated heterocycles. The molecule has 0 saturated carbocycles. The van der Waals surface area contributed by atoms with Crippen LogP contribution in [0.1, 0.15) is 117 Å². The van der Waals surface area contributed by atoms with E-state index in [0.717, 1.165) is 19.3 Å². The lowest BCUT2D eigenvalue weighted by molar-refractivity contribution is 0.122. The van der Waals surface area contributed by atoms with Gasteiger partial charge in [-0.15, -0.1) is 0 Å². The van der Waals surface area contributed by atoms with E-state index in [0.29, 0.717) is 5.92 Å². The Morgan fingerprint density at radius 3 is 1.48 bits per heavy atom. The second kappa shape index (κ2) is 16.8. The maximum atomic E-state index is 10.0. The molecule has 0 fully saturated rings. The molecule has 0 radical (unpaired) electrons. The molecule has 2 nitrogen and oxygen atoms in total. The molecular formula is C21H45NO. The van der Waals surface area contributed by atoms with Gasteiger partial charge in [0, 0.05) is 6.04 Å². The fourth-order valence-electron chi connectivity index (χ4n) is 3.29. The lowest BCUT2D eigenvalue weighted by Gasteiger charge is -2.20. The van der Waals surface area contributed by atoms with E-state index in [1.54, 1.807) is 0 Å². The quantitative estimate of drug-likeness (QED) is 0.312. The van der Waals surface area contributed by atoms with E-state index in [2.05, 4.69) is 20.8 Å². The largest absolute Gasteiger partial charge is 0.392 e. The van der Waals surface area contributed by atoms with Crippen LogP contribution in [-0.4, -0.2) is 17.3 Å². The number of rotatable bonds is 17. The number of unbranched alkanes of at least 4 members (excludes halogenated alkanes) is 12. The van der Waals surface area contributed by atoms with Crippen molar-refractivity contribution in [3.63, 3.8) is 0 Å². The Labute approximate surface area is 146 Å². The first kappa shape index (κ1) is 22.9. The van der Waals surface area contributed by atoms with Crippen molar-refractivity contribution in [3.8, 4) is 0 Å². The summed E-state index contributed by atoms with van der Waals surface area (Å²) < 4.78 is 0. The van der Waals surface area contributed by atoms with E-state index in [-0.39, 0.29) is 12.1 Å². The van der Waals surface area contributed by atoms with Crippen LogP contribution < -0.4 is 5.73 Å². The van der Waals surface area contributed by atoms with Crippen LogP contribution >= 0.6 is 0 Å². The van der Waals surface area contributed by atoms with E-state index < -0.39 is 0 Å². The van der Waals surface area contributed by atoms with Crippen molar-refractivity contribution in [3.05, 3.63) is 0 Å². The highest BCUT2D eigenvalue weighted by molar-refractivity contribution is 4.73. The third-order valence-electron chi connectivity index (χ3n) is 4.84.